The van der Waals surface area contributed by atoms with E-state index in [1.54, 1.807) is 6.26 Å². The molecule has 0 bridgehead atoms. The van der Waals surface area contributed by atoms with Crippen molar-refractivity contribution < 1.29 is 4.42 Å². The van der Waals surface area contributed by atoms with Crippen molar-refractivity contribution in [3.8, 4) is 0 Å². The molecule has 2 heteroatoms. The van der Waals surface area contributed by atoms with Crippen LogP contribution in [0.2, 0.25) is 0 Å². The number of hydrogen-bond acceptors (Lipinski definition) is 2. The van der Waals surface area contributed by atoms with Crippen LogP contribution in [0.4, 0.5) is 0 Å². The maximum absolute atomic E-state index is 5.58. The highest BCUT2D eigenvalue weighted by Crippen LogP contribution is 2.43. The van der Waals surface area contributed by atoms with Gasteiger partial charge in [-0.3, -0.25) is 0 Å². The Hall–Kier alpha value is -1.02. The predicted octanol–water partition coefficient (Wildman–Crippen LogP) is 2.28. The molecule has 0 amide bonds. The summed E-state index contributed by atoms with van der Waals surface area (Å²) in [5.74, 6) is 2.36. The summed E-state index contributed by atoms with van der Waals surface area (Å²) in [6.45, 7) is 2.97. The van der Waals surface area contributed by atoms with E-state index in [0.29, 0.717) is 11.8 Å². The fourth-order valence-corrected chi connectivity index (χ4v) is 1.77. The lowest BCUT2D eigenvalue weighted by atomic mass is 10.1. The van der Waals surface area contributed by atoms with E-state index in [9.17, 15) is 0 Å². The van der Waals surface area contributed by atoms with Crippen LogP contribution in [0.15, 0.2) is 28.4 Å². The fourth-order valence-electron chi connectivity index (χ4n) is 1.77. The Morgan fingerprint density at radius 1 is 1.77 bits per heavy atom. The largest absolute Gasteiger partial charge is 0.465 e. The van der Waals surface area contributed by atoms with E-state index in [1.165, 1.54) is 12.0 Å². The van der Waals surface area contributed by atoms with Crippen molar-refractivity contribution in [3.63, 3.8) is 0 Å². The molecule has 2 nitrogen and oxygen atoms in total. The molecule has 0 aromatic carbocycles. The van der Waals surface area contributed by atoms with Gasteiger partial charge in [0.15, 0.2) is 0 Å². The smallest absolute Gasteiger partial charge is 0.126 e. The van der Waals surface area contributed by atoms with Gasteiger partial charge in [-0.2, -0.15) is 0 Å². The van der Waals surface area contributed by atoms with Crippen molar-refractivity contribution in [2.45, 2.75) is 13.3 Å². The van der Waals surface area contributed by atoms with Crippen LogP contribution in [0.5, 0.6) is 0 Å². The van der Waals surface area contributed by atoms with Crippen molar-refractivity contribution in [2.75, 3.05) is 6.54 Å². The second-order valence-corrected chi connectivity index (χ2v) is 3.74. The van der Waals surface area contributed by atoms with Gasteiger partial charge in [0, 0.05) is 0 Å². The second-order valence-electron chi connectivity index (χ2n) is 3.74. The zero-order valence-electron chi connectivity index (χ0n) is 7.86. The van der Waals surface area contributed by atoms with Crippen molar-refractivity contribution in [3.05, 3.63) is 29.7 Å². The van der Waals surface area contributed by atoms with E-state index in [2.05, 4.69) is 13.0 Å². The topological polar surface area (TPSA) is 39.2 Å². The molecule has 1 heterocycles. The Balaban J connectivity index is 2.02. The third-order valence-electron chi connectivity index (χ3n) is 2.72. The molecule has 0 spiro atoms. The van der Waals surface area contributed by atoms with Gasteiger partial charge >= 0.3 is 0 Å². The van der Waals surface area contributed by atoms with Crippen molar-refractivity contribution >= 4 is 6.08 Å². The van der Waals surface area contributed by atoms with Crippen LogP contribution in [0.25, 0.3) is 6.08 Å². The summed E-state index contributed by atoms with van der Waals surface area (Å²) in [7, 11) is 0. The molecule has 70 valence electrons. The summed E-state index contributed by atoms with van der Waals surface area (Å²) in [5.41, 5.74) is 6.98. The highest BCUT2D eigenvalue weighted by Gasteiger charge is 2.36. The number of rotatable bonds is 3. The van der Waals surface area contributed by atoms with E-state index in [4.69, 9.17) is 10.2 Å². The molecule has 1 aromatic heterocycles. The SMILES string of the molecule is C/C(=C\c1ccco1)C1CC1CN. The molecule has 0 saturated heterocycles. The van der Waals surface area contributed by atoms with E-state index in [-0.39, 0.29) is 0 Å². The highest BCUT2D eigenvalue weighted by atomic mass is 16.3. The third-order valence-corrected chi connectivity index (χ3v) is 2.72. The number of furan rings is 1. The first-order valence-corrected chi connectivity index (χ1v) is 4.73. The number of hydrogen-bond donors (Lipinski definition) is 1. The molecule has 0 radical (unpaired) electrons. The van der Waals surface area contributed by atoms with Crippen LogP contribution in [0.3, 0.4) is 0 Å². The van der Waals surface area contributed by atoms with Gasteiger partial charge in [0.05, 0.1) is 6.26 Å². The maximum Gasteiger partial charge on any atom is 0.126 e. The molecule has 13 heavy (non-hydrogen) atoms. The van der Waals surface area contributed by atoms with Crippen LogP contribution in [0, 0.1) is 11.8 Å². The number of nitrogens with two attached hydrogens (primary N) is 1. The Bertz CT molecular complexity index is 300. The average Bonchev–Trinajstić information content (AvgIpc) is 2.77. The highest BCUT2D eigenvalue weighted by molar-refractivity contribution is 5.48. The van der Waals surface area contributed by atoms with E-state index < -0.39 is 0 Å². The van der Waals surface area contributed by atoms with Gasteiger partial charge in [-0.15, -0.1) is 0 Å². The minimum absolute atomic E-state index is 0.704. The molecule has 0 aliphatic heterocycles. The van der Waals surface area contributed by atoms with Crippen LogP contribution in [0.1, 0.15) is 19.1 Å². The summed E-state index contributed by atoms with van der Waals surface area (Å²) >= 11 is 0. The van der Waals surface area contributed by atoms with Crippen molar-refractivity contribution in [1.29, 1.82) is 0 Å². The molecule has 2 rings (SSSR count). The predicted molar refractivity (Wildman–Crippen MR) is 53.0 cm³/mol. The van der Waals surface area contributed by atoms with E-state index in [0.717, 1.165) is 12.3 Å². The van der Waals surface area contributed by atoms with Gasteiger partial charge in [-0.25, -0.2) is 0 Å². The monoisotopic (exact) mass is 177 g/mol. The Morgan fingerprint density at radius 2 is 2.62 bits per heavy atom. The van der Waals surface area contributed by atoms with Crippen LogP contribution in [-0.2, 0) is 0 Å². The Labute approximate surface area is 78.4 Å². The summed E-state index contributed by atoms with van der Waals surface area (Å²) < 4.78 is 5.24. The van der Waals surface area contributed by atoms with Gasteiger partial charge in [-0.05, 0) is 49.9 Å². The molecule has 1 fully saturated rings. The molecule has 1 saturated carbocycles. The van der Waals surface area contributed by atoms with Crippen molar-refractivity contribution in [2.24, 2.45) is 17.6 Å². The zero-order chi connectivity index (χ0) is 9.26. The van der Waals surface area contributed by atoms with Gasteiger partial charge in [0.1, 0.15) is 5.76 Å². The minimum Gasteiger partial charge on any atom is -0.465 e. The zero-order valence-corrected chi connectivity index (χ0v) is 7.86. The van der Waals surface area contributed by atoms with Crippen molar-refractivity contribution in [1.82, 2.24) is 0 Å². The van der Waals surface area contributed by atoms with Gasteiger partial charge in [0.2, 0.25) is 0 Å². The van der Waals surface area contributed by atoms with E-state index >= 15 is 0 Å². The normalized spacial score (nSPS) is 27.7. The first-order chi connectivity index (χ1) is 6.31. The van der Waals surface area contributed by atoms with Gasteiger partial charge in [0.25, 0.3) is 0 Å². The molecular weight excluding hydrogens is 162 g/mol. The van der Waals surface area contributed by atoms with E-state index in [1.807, 2.05) is 12.1 Å². The fraction of sp³-hybridized carbons (Fsp3) is 0.455. The number of allylic oxidation sites excluding steroid dienone is 1. The molecule has 2 unspecified atom stereocenters. The first kappa shape index (κ1) is 8.57. The lowest BCUT2D eigenvalue weighted by molar-refractivity contribution is 0.556. The lowest BCUT2D eigenvalue weighted by Gasteiger charge is -1.96. The molecule has 1 aliphatic rings. The van der Waals surface area contributed by atoms with Crippen LogP contribution < -0.4 is 5.73 Å². The molecule has 1 aliphatic carbocycles. The van der Waals surface area contributed by atoms with Gasteiger partial charge < -0.3 is 10.2 Å². The second kappa shape index (κ2) is 3.38. The summed E-state index contributed by atoms with van der Waals surface area (Å²) in [6, 6.07) is 3.88. The first-order valence-electron chi connectivity index (χ1n) is 4.73. The summed E-state index contributed by atoms with van der Waals surface area (Å²) in [5, 5.41) is 0. The Kier molecular flexibility index (Phi) is 2.23. The molecule has 2 atom stereocenters. The molecule has 1 aromatic rings. The van der Waals surface area contributed by atoms with Crippen LogP contribution in [-0.4, -0.2) is 6.54 Å². The van der Waals surface area contributed by atoms with Gasteiger partial charge in [-0.1, -0.05) is 5.57 Å². The van der Waals surface area contributed by atoms with Crippen LogP contribution >= 0.6 is 0 Å². The minimum atomic E-state index is 0.704. The maximum atomic E-state index is 5.58. The third kappa shape index (κ3) is 1.83. The molecular formula is C11H15NO. The molecule has 2 N–H and O–H groups in total. The quantitative estimate of drug-likeness (QED) is 0.769. The standard InChI is InChI=1S/C11H15NO/c1-8(11-6-9(11)7-12)5-10-3-2-4-13-10/h2-5,9,11H,6-7,12H2,1H3/b8-5+. The summed E-state index contributed by atoms with van der Waals surface area (Å²) in [6.07, 6.45) is 5.06. The Morgan fingerprint density at radius 3 is 3.15 bits per heavy atom. The lowest BCUT2D eigenvalue weighted by Crippen LogP contribution is -2.02. The summed E-state index contributed by atoms with van der Waals surface area (Å²) in [4.78, 5) is 0. The average molecular weight is 177 g/mol.